The zero-order valence-electron chi connectivity index (χ0n) is 10.8. The van der Waals surface area contributed by atoms with Crippen molar-refractivity contribution >= 4 is 0 Å². The van der Waals surface area contributed by atoms with Crippen molar-refractivity contribution in [3.8, 4) is 17.9 Å². The summed E-state index contributed by atoms with van der Waals surface area (Å²) in [6.45, 7) is 2.71. The molecule has 0 spiro atoms. The predicted molar refractivity (Wildman–Crippen MR) is 71.6 cm³/mol. The van der Waals surface area contributed by atoms with Gasteiger partial charge in [-0.05, 0) is 31.7 Å². The summed E-state index contributed by atoms with van der Waals surface area (Å²) in [5, 5.41) is 17.3. The van der Waals surface area contributed by atoms with E-state index >= 15 is 0 Å². The Hall–Kier alpha value is -1.81. The Morgan fingerprint density at radius 2 is 2.22 bits per heavy atom. The minimum atomic E-state index is -0.122. The molecule has 0 aliphatic carbocycles. The molecule has 3 nitrogen and oxygen atoms in total. The summed E-state index contributed by atoms with van der Waals surface area (Å²) in [6.07, 6.45) is 0.528. The summed E-state index contributed by atoms with van der Waals surface area (Å²) < 4.78 is 0. The molecular weight excluding hydrogens is 224 g/mol. The molecule has 1 aromatic carbocycles. The summed E-state index contributed by atoms with van der Waals surface area (Å²) >= 11 is 0. The van der Waals surface area contributed by atoms with Crippen molar-refractivity contribution in [3.63, 3.8) is 0 Å². The molecule has 0 aliphatic heterocycles. The topological polar surface area (TPSA) is 47.3 Å². The van der Waals surface area contributed by atoms with Crippen LogP contribution in [0.3, 0.4) is 0 Å². The van der Waals surface area contributed by atoms with Gasteiger partial charge in [-0.1, -0.05) is 24.0 Å². The molecule has 94 valence electrons. The first-order valence-electron chi connectivity index (χ1n) is 5.93. The van der Waals surface area contributed by atoms with Crippen molar-refractivity contribution in [3.05, 3.63) is 35.4 Å². The van der Waals surface area contributed by atoms with Gasteiger partial charge in [-0.2, -0.15) is 5.26 Å². The second-order valence-corrected chi connectivity index (χ2v) is 4.29. The van der Waals surface area contributed by atoms with Crippen LogP contribution >= 0.6 is 0 Å². The van der Waals surface area contributed by atoms with Gasteiger partial charge in [-0.3, -0.25) is 4.90 Å². The normalized spacial score (nSPS) is 11.5. The maximum absolute atomic E-state index is 8.67. The number of rotatable bonds is 4. The molecule has 1 N–H and O–H groups in total. The largest absolute Gasteiger partial charge is 0.384 e. The van der Waals surface area contributed by atoms with Gasteiger partial charge in [0.15, 0.2) is 0 Å². The van der Waals surface area contributed by atoms with Crippen LogP contribution in [-0.2, 0) is 6.54 Å². The summed E-state index contributed by atoms with van der Waals surface area (Å²) in [6, 6.07) is 10.4. The molecule has 0 aromatic heterocycles. The van der Waals surface area contributed by atoms with Gasteiger partial charge in [0.25, 0.3) is 0 Å². The fourth-order valence-electron chi connectivity index (χ4n) is 1.62. The Bertz CT molecular complexity index is 479. The van der Waals surface area contributed by atoms with Crippen LogP contribution < -0.4 is 0 Å². The summed E-state index contributed by atoms with van der Waals surface area (Å²) in [7, 11) is 2.01. The summed E-state index contributed by atoms with van der Waals surface area (Å²) in [5.41, 5.74) is 2.06. The number of nitrogens with zero attached hydrogens (tertiary/aromatic N) is 2. The van der Waals surface area contributed by atoms with Gasteiger partial charge in [0, 0.05) is 18.2 Å². The first kappa shape index (κ1) is 14.3. The van der Waals surface area contributed by atoms with E-state index in [2.05, 4.69) is 22.8 Å². The monoisotopic (exact) mass is 242 g/mol. The summed E-state index contributed by atoms with van der Waals surface area (Å²) in [5.74, 6) is 5.53. The van der Waals surface area contributed by atoms with Crippen molar-refractivity contribution in [2.75, 3.05) is 13.7 Å². The van der Waals surface area contributed by atoms with Gasteiger partial charge >= 0.3 is 0 Å². The lowest BCUT2D eigenvalue weighted by molar-refractivity contribution is 0.252. The highest BCUT2D eigenvalue weighted by molar-refractivity contribution is 5.37. The second-order valence-electron chi connectivity index (χ2n) is 4.29. The van der Waals surface area contributed by atoms with Crippen molar-refractivity contribution in [1.29, 1.82) is 5.26 Å². The van der Waals surface area contributed by atoms with E-state index in [1.165, 1.54) is 0 Å². The Morgan fingerprint density at radius 3 is 2.89 bits per heavy atom. The highest BCUT2D eigenvalue weighted by Crippen LogP contribution is 2.10. The zero-order valence-corrected chi connectivity index (χ0v) is 10.8. The van der Waals surface area contributed by atoms with Crippen LogP contribution in [0.2, 0.25) is 0 Å². The van der Waals surface area contributed by atoms with Gasteiger partial charge in [0.2, 0.25) is 0 Å². The Balaban J connectivity index is 2.70. The smallest absolute Gasteiger partial charge is 0.104 e. The lowest BCUT2D eigenvalue weighted by atomic mass is 10.1. The van der Waals surface area contributed by atoms with E-state index in [1.54, 1.807) is 0 Å². The third kappa shape index (κ3) is 4.59. The van der Waals surface area contributed by atoms with Crippen LogP contribution in [0.25, 0.3) is 0 Å². The second kappa shape index (κ2) is 7.50. The third-order valence-corrected chi connectivity index (χ3v) is 2.81. The molecule has 0 fully saturated rings. The van der Waals surface area contributed by atoms with Gasteiger partial charge in [-0.25, -0.2) is 0 Å². The number of hydrogen-bond donors (Lipinski definition) is 1. The van der Waals surface area contributed by atoms with E-state index in [-0.39, 0.29) is 12.6 Å². The van der Waals surface area contributed by atoms with Crippen LogP contribution in [0.1, 0.15) is 24.5 Å². The molecule has 0 saturated heterocycles. The molecule has 0 radical (unpaired) electrons. The third-order valence-electron chi connectivity index (χ3n) is 2.81. The van der Waals surface area contributed by atoms with Gasteiger partial charge in [0.1, 0.15) is 6.61 Å². The Morgan fingerprint density at radius 1 is 1.44 bits per heavy atom. The van der Waals surface area contributed by atoms with E-state index < -0.39 is 0 Å². The van der Waals surface area contributed by atoms with Crippen LogP contribution in [-0.4, -0.2) is 29.7 Å². The Kier molecular flexibility index (Phi) is 5.94. The van der Waals surface area contributed by atoms with Crippen molar-refractivity contribution in [2.24, 2.45) is 0 Å². The minimum absolute atomic E-state index is 0.122. The molecule has 1 rings (SSSR count). The van der Waals surface area contributed by atoms with Crippen molar-refractivity contribution < 1.29 is 5.11 Å². The van der Waals surface area contributed by atoms with E-state index in [1.807, 2.05) is 38.2 Å². The van der Waals surface area contributed by atoms with Crippen LogP contribution in [0.5, 0.6) is 0 Å². The van der Waals surface area contributed by atoms with E-state index in [4.69, 9.17) is 10.4 Å². The highest BCUT2D eigenvalue weighted by Gasteiger charge is 2.08. The lowest BCUT2D eigenvalue weighted by Crippen LogP contribution is -2.28. The predicted octanol–water partition coefficient (Wildman–Crippen LogP) is 1.76. The molecule has 0 saturated carbocycles. The van der Waals surface area contributed by atoms with Gasteiger partial charge in [0.05, 0.1) is 12.5 Å². The fourth-order valence-corrected chi connectivity index (χ4v) is 1.62. The van der Waals surface area contributed by atoms with E-state index in [0.29, 0.717) is 6.42 Å². The van der Waals surface area contributed by atoms with E-state index in [0.717, 1.165) is 17.7 Å². The van der Waals surface area contributed by atoms with Crippen LogP contribution in [0.4, 0.5) is 0 Å². The number of hydrogen-bond acceptors (Lipinski definition) is 3. The summed E-state index contributed by atoms with van der Waals surface area (Å²) in [4.78, 5) is 2.14. The molecule has 0 amide bonds. The zero-order chi connectivity index (χ0) is 13.4. The molecule has 18 heavy (non-hydrogen) atoms. The molecule has 0 bridgehead atoms. The average molecular weight is 242 g/mol. The van der Waals surface area contributed by atoms with Gasteiger partial charge < -0.3 is 5.11 Å². The van der Waals surface area contributed by atoms with Crippen molar-refractivity contribution in [1.82, 2.24) is 4.90 Å². The number of aliphatic hydroxyl groups excluding tert-OH is 1. The number of nitriles is 1. The highest BCUT2D eigenvalue weighted by atomic mass is 16.2. The molecule has 1 unspecified atom stereocenters. The quantitative estimate of drug-likeness (QED) is 0.818. The van der Waals surface area contributed by atoms with Crippen LogP contribution in [0.15, 0.2) is 24.3 Å². The van der Waals surface area contributed by atoms with Crippen LogP contribution in [0, 0.1) is 23.2 Å². The number of aliphatic hydroxyl groups is 1. The molecule has 3 heteroatoms. The molecular formula is C15H18N2O. The van der Waals surface area contributed by atoms with E-state index in [9.17, 15) is 0 Å². The Labute approximate surface area is 109 Å². The molecule has 0 heterocycles. The maximum atomic E-state index is 8.67. The fraction of sp³-hybridized carbons (Fsp3) is 0.400. The number of benzene rings is 1. The first-order valence-corrected chi connectivity index (χ1v) is 5.93. The molecule has 1 atom stereocenters. The van der Waals surface area contributed by atoms with Crippen molar-refractivity contribution in [2.45, 2.75) is 25.9 Å². The SMILES string of the molecule is CC(CC#N)N(C)Cc1cccc(C#CCO)c1. The average Bonchev–Trinajstić information content (AvgIpc) is 2.37. The minimum Gasteiger partial charge on any atom is -0.384 e. The standard InChI is InChI=1S/C15H18N2O/c1-13(8-9-16)17(2)12-15-6-3-5-14(11-15)7-4-10-18/h3,5-6,11,13,18H,8,10,12H2,1-2H3. The lowest BCUT2D eigenvalue weighted by Gasteiger charge is -2.22. The molecule has 0 aliphatic rings. The van der Waals surface area contributed by atoms with Gasteiger partial charge in [-0.15, -0.1) is 0 Å². The first-order chi connectivity index (χ1) is 8.67. The molecule has 1 aromatic rings. The maximum Gasteiger partial charge on any atom is 0.104 e.